The summed E-state index contributed by atoms with van der Waals surface area (Å²) in [5.74, 6) is -0.290. The van der Waals surface area contributed by atoms with Gasteiger partial charge in [0.2, 0.25) is 11.5 Å². The molecule has 0 spiro atoms. The van der Waals surface area contributed by atoms with E-state index in [4.69, 9.17) is 10.5 Å². The molecule has 9 nitrogen and oxygen atoms in total. The lowest BCUT2D eigenvalue weighted by molar-refractivity contribution is -0.516. The number of nitrogens with zero attached hydrogens (tertiary/aromatic N) is 5. The Morgan fingerprint density at radius 1 is 1.09 bits per heavy atom. The smallest absolute Gasteiger partial charge is 0.428 e. The number of ether oxygens (including phenoxy) is 1. The first-order chi connectivity index (χ1) is 16.9. The van der Waals surface area contributed by atoms with Crippen LogP contribution in [0.25, 0.3) is 28.0 Å². The third kappa shape index (κ3) is 3.99. The number of aromatic amines is 1. The Bertz CT molecular complexity index is 1610. The predicted molar refractivity (Wildman–Crippen MR) is 128 cm³/mol. The third-order valence-corrected chi connectivity index (χ3v) is 5.65. The molecule has 0 saturated heterocycles. The standard InChI is InChI=1S/C25H22FN7O2/c1-14-9-17(10-15(2)29-14)20-21(16-7-5-4-6-8-16)30-24(27)33-22(20)31-32(25(33)34)13-18-11-19(26)12-28-23(18)35-3/h4-12H,13H2,1-3H3,(H2,27,29,30,31)/p+1. The summed E-state index contributed by atoms with van der Waals surface area (Å²) < 4.78 is 21.8. The number of rotatable bonds is 5. The minimum Gasteiger partial charge on any atom is -0.481 e. The molecule has 4 heterocycles. The molecule has 35 heavy (non-hydrogen) atoms. The quantitative estimate of drug-likeness (QED) is 0.380. The van der Waals surface area contributed by atoms with Crippen LogP contribution in [0.1, 0.15) is 17.0 Å². The molecule has 3 N–H and O–H groups in total. The Kier molecular flexibility index (Phi) is 5.48. The monoisotopic (exact) mass is 472 g/mol. The molecule has 0 aliphatic carbocycles. The molecule has 0 fully saturated rings. The highest BCUT2D eigenvalue weighted by atomic mass is 19.1. The van der Waals surface area contributed by atoms with Crippen molar-refractivity contribution in [3.8, 4) is 28.3 Å². The molecule has 0 saturated carbocycles. The van der Waals surface area contributed by atoms with Crippen LogP contribution < -0.4 is 20.6 Å². The van der Waals surface area contributed by atoms with Crippen molar-refractivity contribution in [3.05, 3.63) is 88.0 Å². The minimum absolute atomic E-state index is 0.0115. The highest BCUT2D eigenvalue weighted by molar-refractivity contribution is 5.88. The Balaban J connectivity index is 1.81. The third-order valence-electron chi connectivity index (χ3n) is 5.65. The first kappa shape index (κ1) is 22.2. The minimum atomic E-state index is -0.534. The van der Waals surface area contributed by atoms with E-state index in [1.54, 1.807) is 0 Å². The van der Waals surface area contributed by atoms with Crippen molar-refractivity contribution in [1.29, 1.82) is 0 Å². The fourth-order valence-corrected chi connectivity index (χ4v) is 4.26. The number of benzene rings is 1. The Morgan fingerprint density at radius 3 is 2.49 bits per heavy atom. The number of hydrogen-bond acceptors (Lipinski definition) is 6. The Morgan fingerprint density at radius 2 is 1.80 bits per heavy atom. The summed E-state index contributed by atoms with van der Waals surface area (Å²) in [6.07, 6.45) is 1.06. The van der Waals surface area contributed by atoms with E-state index in [2.05, 4.69) is 20.1 Å². The topological polar surface area (TPSA) is 116 Å². The van der Waals surface area contributed by atoms with Gasteiger partial charge in [0.05, 0.1) is 18.9 Å². The summed E-state index contributed by atoms with van der Waals surface area (Å²) in [5, 5.41) is 3.16. The molecular formula is C25H23FN7O2+. The number of hydrogen-bond donors (Lipinski definition) is 2. The molecule has 0 aliphatic heterocycles. The highest BCUT2D eigenvalue weighted by Crippen LogP contribution is 2.33. The van der Waals surface area contributed by atoms with E-state index in [0.717, 1.165) is 28.7 Å². The van der Waals surface area contributed by atoms with E-state index in [9.17, 15) is 9.18 Å². The van der Waals surface area contributed by atoms with Gasteiger partial charge in [0.25, 0.3) is 0 Å². The molecule has 0 atom stereocenters. The van der Waals surface area contributed by atoms with Crippen LogP contribution in [-0.2, 0) is 6.54 Å². The van der Waals surface area contributed by atoms with Crippen LogP contribution in [-0.4, -0.2) is 31.8 Å². The van der Waals surface area contributed by atoms with Crippen LogP contribution in [0.3, 0.4) is 0 Å². The van der Waals surface area contributed by atoms with Gasteiger partial charge in [-0.05, 0) is 37.6 Å². The number of H-pyrrole nitrogens is 1. The molecule has 10 heteroatoms. The zero-order valence-corrected chi connectivity index (χ0v) is 19.4. The Labute approximate surface area is 199 Å². The molecular weight excluding hydrogens is 449 g/mol. The van der Waals surface area contributed by atoms with E-state index in [-0.39, 0.29) is 18.4 Å². The number of halogens is 1. The number of fused-ring (bicyclic) bond motifs is 1. The number of pyridine rings is 2. The van der Waals surface area contributed by atoms with Gasteiger partial charge in [0.1, 0.15) is 18.1 Å². The maximum atomic E-state index is 13.9. The molecule has 0 unspecified atom stereocenters. The normalized spacial score (nSPS) is 11.2. The van der Waals surface area contributed by atoms with Crippen molar-refractivity contribution in [2.75, 3.05) is 12.8 Å². The summed E-state index contributed by atoms with van der Waals surface area (Å²) in [5.41, 5.74) is 11.3. The molecule has 0 amide bonds. The predicted octanol–water partition coefficient (Wildman–Crippen LogP) is 2.83. The number of methoxy groups -OCH3 is 1. The summed E-state index contributed by atoms with van der Waals surface area (Å²) in [6, 6.07) is 14.7. The number of nitrogens with two attached hydrogens (primary N) is 1. The zero-order valence-electron chi connectivity index (χ0n) is 19.4. The number of nitrogens with one attached hydrogen (secondary N) is 1. The molecule has 0 aliphatic rings. The van der Waals surface area contributed by atoms with Gasteiger partial charge in [0.15, 0.2) is 0 Å². The van der Waals surface area contributed by atoms with Gasteiger partial charge in [-0.2, -0.15) is 4.68 Å². The zero-order chi connectivity index (χ0) is 24.7. The van der Waals surface area contributed by atoms with Gasteiger partial charge in [0, 0.05) is 22.5 Å². The van der Waals surface area contributed by atoms with Crippen molar-refractivity contribution in [3.63, 3.8) is 0 Å². The SMILES string of the molecule is COc1ncc(F)cc1Cn1[nH]c2c(-c3cc(C)nc(C)c3)c(-c3ccccc3)nc(N)[n+]2c1=O. The molecule has 1 aromatic carbocycles. The Hall–Kier alpha value is -4.60. The summed E-state index contributed by atoms with van der Waals surface area (Å²) >= 11 is 0. The van der Waals surface area contributed by atoms with Crippen LogP contribution in [0.2, 0.25) is 0 Å². The van der Waals surface area contributed by atoms with Crippen molar-refractivity contribution in [2.45, 2.75) is 20.4 Å². The molecule has 5 rings (SSSR count). The van der Waals surface area contributed by atoms with E-state index < -0.39 is 11.5 Å². The summed E-state index contributed by atoms with van der Waals surface area (Å²) in [6.45, 7) is 3.80. The number of anilines is 1. The van der Waals surface area contributed by atoms with Crippen LogP contribution in [0, 0.1) is 19.7 Å². The molecule has 5 aromatic rings. The van der Waals surface area contributed by atoms with Gasteiger partial charge in [-0.1, -0.05) is 30.3 Å². The van der Waals surface area contributed by atoms with E-state index in [0.29, 0.717) is 22.5 Å². The second-order valence-corrected chi connectivity index (χ2v) is 8.18. The van der Waals surface area contributed by atoms with Crippen LogP contribution in [0.15, 0.2) is 59.5 Å². The van der Waals surface area contributed by atoms with Crippen molar-refractivity contribution in [2.24, 2.45) is 0 Å². The fraction of sp³-hybridized carbons (Fsp3) is 0.160. The van der Waals surface area contributed by atoms with Gasteiger partial charge in [-0.25, -0.2) is 19.3 Å². The van der Waals surface area contributed by atoms with Gasteiger partial charge >= 0.3 is 11.6 Å². The first-order valence-corrected chi connectivity index (χ1v) is 10.9. The number of nitrogen functional groups attached to an aromatic ring is 1. The van der Waals surface area contributed by atoms with Crippen molar-refractivity contribution in [1.82, 2.24) is 24.7 Å². The van der Waals surface area contributed by atoms with Crippen LogP contribution in [0.5, 0.6) is 5.88 Å². The summed E-state index contributed by atoms with van der Waals surface area (Å²) in [7, 11) is 1.44. The lowest BCUT2D eigenvalue weighted by Gasteiger charge is -2.10. The highest BCUT2D eigenvalue weighted by Gasteiger charge is 2.26. The maximum absolute atomic E-state index is 13.9. The largest absolute Gasteiger partial charge is 0.481 e. The van der Waals surface area contributed by atoms with E-state index >= 15 is 0 Å². The van der Waals surface area contributed by atoms with Crippen molar-refractivity contribution >= 4 is 11.6 Å². The van der Waals surface area contributed by atoms with Crippen LogP contribution >= 0.6 is 0 Å². The fourth-order valence-electron chi connectivity index (χ4n) is 4.26. The lowest BCUT2D eigenvalue weighted by Crippen LogP contribution is -2.44. The second-order valence-electron chi connectivity index (χ2n) is 8.18. The first-order valence-electron chi connectivity index (χ1n) is 10.9. The van der Waals surface area contributed by atoms with E-state index in [1.807, 2.05) is 56.3 Å². The second kappa shape index (κ2) is 8.64. The number of aryl methyl sites for hydroxylation is 2. The average Bonchev–Trinajstić information content (AvgIpc) is 3.15. The lowest BCUT2D eigenvalue weighted by atomic mass is 9.99. The summed E-state index contributed by atoms with van der Waals surface area (Å²) in [4.78, 5) is 26.5. The van der Waals surface area contributed by atoms with E-state index in [1.165, 1.54) is 22.3 Å². The molecule has 0 bridgehead atoms. The van der Waals surface area contributed by atoms with Crippen molar-refractivity contribution < 1.29 is 13.5 Å². The van der Waals surface area contributed by atoms with Crippen LogP contribution in [0.4, 0.5) is 10.3 Å². The number of aromatic nitrogens is 6. The average molecular weight is 473 g/mol. The molecule has 176 valence electrons. The van der Waals surface area contributed by atoms with Gasteiger partial charge < -0.3 is 10.5 Å². The molecule has 0 radical (unpaired) electrons. The maximum Gasteiger partial charge on any atom is 0.428 e. The van der Waals surface area contributed by atoms with Gasteiger partial charge in [-0.3, -0.25) is 4.98 Å². The van der Waals surface area contributed by atoms with Gasteiger partial charge in [-0.15, -0.1) is 9.38 Å². The molecule has 4 aromatic heterocycles.